The van der Waals surface area contributed by atoms with Gasteiger partial charge in [-0.3, -0.25) is 10.1 Å². The molecule has 0 saturated carbocycles. The molecule has 0 aliphatic carbocycles. The second kappa shape index (κ2) is 5.69. The molecule has 0 spiro atoms. The third-order valence-electron chi connectivity index (χ3n) is 3.18. The van der Waals surface area contributed by atoms with E-state index in [-0.39, 0.29) is 17.3 Å². The van der Waals surface area contributed by atoms with E-state index in [0.29, 0.717) is 11.1 Å². The van der Waals surface area contributed by atoms with Gasteiger partial charge < -0.3 is 14.6 Å². The zero-order valence-corrected chi connectivity index (χ0v) is 11.9. The number of hydrogen-bond donors (Lipinski definition) is 2. The summed E-state index contributed by atoms with van der Waals surface area (Å²) in [5, 5.41) is 46.5. The van der Waals surface area contributed by atoms with Gasteiger partial charge in [-0.1, -0.05) is 6.07 Å². The highest BCUT2D eigenvalue weighted by atomic mass is 16.6. The topological polar surface area (TPSA) is 146 Å². The summed E-state index contributed by atoms with van der Waals surface area (Å²) in [4.78, 5) is 10.1. The lowest BCUT2D eigenvalue weighted by Gasteiger charge is -2.01. The molecule has 24 heavy (non-hydrogen) atoms. The van der Waals surface area contributed by atoms with Gasteiger partial charge in [0.15, 0.2) is 5.75 Å². The summed E-state index contributed by atoms with van der Waals surface area (Å²) < 4.78 is 5.44. The maximum atomic E-state index is 10.9. The Morgan fingerprint density at radius 3 is 2.50 bits per heavy atom. The van der Waals surface area contributed by atoms with Gasteiger partial charge in [-0.15, -0.1) is 10.2 Å². The number of nitrogens with zero attached hydrogens (tertiary/aromatic N) is 4. The third-order valence-corrected chi connectivity index (χ3v) is 3.18. The number of nitriles is 1. The molecule has 0 bridgehead atoms. The number of phenolic OH excluding ortho intramolecular Hbond substituents is 2. The summed E-state index contributed by atoms with van der Waals surface area (Å²) in [7, 11) is 0. The van der Waals surface area contributed by atoms with Crippen molar-refractivity contribution in [3.8, 4) is 40.5 Å². The van der Waals surface area contributed by atoms with Gasteiger partial charge >= 0.3 is 5.69 Å². The van der Waals surface area contributed by atoms with Gasteiger partial charge in [-0.05, 0) is 24.3 Å². The maximum absolute atomic E-state index is 10.9. The molecule has 0 atom stereocenters. The van der Waals surface area contributed by atoms with Crippen molar-refractivity contribution in [2.75, 3.05) is 0 Å². The molecule has 1 aromatic heterocycles. The van der Waals surface area contributed by atoms with Gasteiger partial charge in [0.1, 0.15) is 0 Å². The standard InChI is InChI=1S/C15H8N4O5/c16-7-8-2-1-3-9(4-8)14-17-18-15(24-14)10-5-11(19(22)23)13(21)12(20)6-10/h1-6,20-21H. The van der Waals surface area contributed by atoms with Gasteiger partial charge in [0.2, 0.25) is 17.5 Å². The monoisotopic (exact) mass is 324 g/mol. The molecule has 0 amide bonds. The molecule has 2 N–H and O–H groups in total. The average Bonchev–Trinajstić information content (AvgIpc) is 3.07. The SMILES string of the molecule is N#Cc1cccc(-c2nnc(-c3cc(O)c(O)c([N+](=O)[O-])c3)o2)c1. The zero-order valence-electron chi connectivity index (χ0n) is 11.9. The molecule has 0 fully saturated rings. The highest BCUT2D eigenvalue weighted by Crippen LogP contribution is 2.39. The molecule has 0 radical (unpaired) electrons. The molecule has 0 aliphatic heterocycles. The van der Waals surface area contributed by atoms with Crippen molar-refractivity contribution in [1.82, 2.24) is 10.2 Å². The molecule has 9 heteroatoms. The number of aromatic nitrogens is 2. The van der Waals surface area contributed by atoms with Crippen molar-refractivity contribution >= 4 is 5.69 Å². The fraction of sp³-hybridized carbons (Fsp3) is 0. The van der Waals surface area contributed by atoms with Crippen LogP contribution in [0.15, 0.2) is 40.8 Å². The molecule has 3 aromatic rings. The predicted molar refractivity (Wildman–Crippen MR) is 79.9 cm³/mol. The lowest BCUT2D eigenvalue weighted by atomic mass is 10.1. The number of nitro benzene ring substituents is 1. The van der Waals surface area contributed by atoms with Crippen LogP contribution < -0.4 is 0 Å². The Bertz CT molecular complexity index is 990. The van der Waals surface area contributed by atoms with Crippen molar-refractivity contribution in [3.05, 3.63) is 52.1 Å². The van der Waals surface area contributed by atoms with E-state index >= 15 is 0 Å². The first-order valence-electron chi connectivity index (χ1n) is 6.54. The summed E-state index contributed by atoms with van der Waals surface area (Å²) in [5.41, 5.74) is 0.305. The Kier molecular flexibility index (Phi) is 3.55. The first-order chi connectivity index (χ1) is 11.5. The average molecular weight is 324 g/mol. The number of aromatic hydroxyl groups is 2. The molecule has 118 valence electrons. The first-order valence-corrected chi connectivity index (χ1v) is 6.54. The van der Waals surface area contributed by atoms with Crippen LogP contribution in [0.3, 0.4) is 0 Å². The second-order valence-corrected chi connectivity index (χ2v) is 4.73. The highest BCUT2D eigenvalue weighted by molar-refractivity contribution is 5.68. The number of benzene rings is 2. The van der Waals surface area contributed by atoms with Crippen LogP contribution in [0.2, 0.25) is 0 Å². The van der Waals surface area contributed by atoms with Crippen LogP contribution >= 0.6 is 0 Å². The van der Waals surface area contributed by atoms with E-state index in [1.807, 2.05) is 6.07 Å². The van der Waals surface area contributed by atoms with Crippen molar-refractivity contribution < 1.29 is 19.6 Å². The Balaban J connectivity index is 2.05. The van der Waals surface area contributed by atoms with E-state index in [1.54, 1.807) is 24.3 Å². The molecule has 9 nitrogen and oxygen atoms in total. The molecular formula is C15H8N4O5. The van der Waals surface area contributed by atoms with Crippen molar-refractivity contribution in [2.24, 2.45) is 0 Å². The van der Waals surface area contributed by atoms with Crippen LogP contribution in [0.5, 0.6) is 11.5 Å². The number of nitro groups is 1. The summed E-state index contributed by atoms with van der Waals surface area (Å²) in [6.45, 7) is 0. The van der Waals surface area contributed by atoms with Crippen LogP contribution in [-0.2, 0) is 0 Å². The molecule has 0 saturated heterocycles. The van der Waals surface area contributed by atoms with Crippen molar-refractivity contribution in [3.63, 3.8) is 0 Å². The lowest BCUT2D eigenvalue weighted by Crippen LogP contribution is -1.90. The quantitative estimate of drug-likeness (QED) is 0.424. The molecule has 3 rings (SSSR count). The highest BCUT2D eigenvalue weighted by Gasteiger charge is 2.22. The Morgan fingerprint density at radius 2 is 1.83 bits per heavy atom. The van der Waals surface area contributed by atoms with Crippen molar-refractivity contribution in [2.45, 2.75) is 0 Å². The smallest absolute Gasteiger partial charge is 0.315 e. The van der Waals surface area contributed by atoms with E-state index in [0.717, 1.165) is 12.1 Å². The van der Waals surface area contributed by atoms with Crippen molar-refractivity contribution in [1.29, 1.82) is 5.26 Å². The second-order valence-electron chi connectivity index (χ2n) is 4.73. The predicted octanol–water partition coefficient (Wildman–Crippen LogP) is 2.59. The van der Waals surface area contributed by atoms with Gasteiger partial charge in [0.05, 0.1) is 16.6 Å². The maximum Gasteiger partial charge on any atom is 0.315 e. The molecular weight excluding hydrogens is 316 g/mol. The normalized spacial score (nSPS) is 10.3. The van der Waals surface area contributed by atoms with E-state index in [2.05, 4.69) is 10.2 Å². The molecule has 2 aromatic carbocycles. The fourth-order valence-corrected chi connectivity index (χ4v) is 2.05. The summed E-state index contributed by atoms with van der Waals surface area (Å²) in [6.07, 6.45) is 0. The van der Waals surface area contributed by atoms with Crippen LogP contribution in [-0.4, -0.2) is 25.3 Å². The van der Waals surface area contributed by atoms with Gasteiger partial charge in [-0.25, -0.2) is 0 Å². The first kappa shape index (κ1) is 15.0. The van der Waals surface area contributed by atoms with Crippen LogP contribution in [0.25, 0.3) is 22.9 Å². The fourth-order valence-electron chi connectivity index (χ4n) is 2.05. The number of rotatable bonds is 3. The largest absolute Gasteiger partial charge is 0.504 e. The molecule has 0 aliphatic rings. The summed E-state index contributed by atoms with van der Waals surface area (Å²) in [5.74, 6) is -1.49. The third kappa shape index (κ3) is 2.59. The van der Waals surface area contributed by atoms with E-state index in [9.17, 15) is 20.3 Å². The zero-order chi connectivity index (χ0) is 17.3. The summed E-state index contributed by atoms with van der Waals surface area (Å²) >= 11 is 0. The minimum absolute atomic E-state index is 0.0761. The number of phenols is 2. The Hall–Kier alpha value is -3.93. The van der Waals surface area contributed by atoms with E-state index < -0.39 is 22.1 Å². The minimum Gasteiger partial charge on any atom is -0.504 e. The summed E-state index contributed by atoms with van der Waals surface area (Å²) in [6, 6.07) is 10.5. The number of hydrogen-bond acceptors (Lipinski definition) is 8. The minimum atomic E-state index is -0.842. The molecule has 1 heterocycles. The van der Waals surface area contributed by atoms with Crippen LogP contribution in [0.4, 0.5) is 5.69 Å². The lowest BCUT2D eigenvalue weighted by molar-refractivity contribution is -0.385. The van der Waals surface area contributed by atoms with Gasteiger partial charge in [0.25, 0.3) is 0 Å². The molecule has 0 unspecified atom stereocenters. The van der Waals surface area contributed by atoms with E-state index in [4.69, 9.17) is 9.68 Å². The van der Waals surface area contributed by atoms with Gasteiger partial charge in [0, 0.05) is 17.2 Å². The van der Waals surface area contributed by atoms with Crippen LogP contribution in [0.1, 0.15) is 5.56 Å². The van der Waals surface area contributed by atoms with E-state index in [1.165, 1.54) is 0 Å². The Labute approximate surface area is 134 Å². The Morgan fingerprint density at radius 1 is 1.12 bits per heavy atom. The van der Waals surface area contributed by atoms with Crippen LogP contribution in [0, 0.1) is 21.4 Å². The van der Waals surface area contributed by atoms with Gasteiger partial charge in [-0.2, -0.15) is 5.26 Å².